The summed E-state index contributed by atoms with van der Waals surface area (Å²) in [6, 6.07) is 3.21. The van der Waals surface area contributed by atoms with Gasteiger partial charge in [-0.1, -0.05) is 0 Å². The van der Waals surface area contributed by atoms with Crippen LogP contribution in [0.15, 0.2) is 16.6 Å². The molecule has 0 amide bonds. The molecule has 0 radical (unpaired) electrons. The molecule has 1 aromatic carbocycles. The molecule has 0 spiro atoms. The molecule has 0 saturated carbocycles. The Labute approximate surface area is 123 Å². The van der Waals surface area contributed by atoms with Crippen molar-refractivity contribution in [2.75, 3.05) is 13.2 Å². The Hall–Kier alpha value is -0.650. The highest BCUT2D eigenvalue weighted by Crippen LogP contribution is 2.27. The van der Waals surface area contributed by atoms with Crippen LogP contribution in [-0.4, -0.2) is 22.8 Å². The molecule has 1 saturated heterocycles. The number of ether oxygens (including phenoxy) is 1. The van der Waals surface area contributed by atoms with Crippen molar-refractivity contribution in [2.45, 2.75) is 18.8 Å². The van der Waals surface area contributed by atoms with Gasteiger partial charge in [-0.25, -0.2) is 9.37 Å². The zero-order valence-corrected chi connectivity index (χ0v) is 12.5. The number of imidazole rings is 1. The average molecular weight is 348 g/mol. The fourth-order valence-corrected chi connectivity index (χ4v) is 3.00. The smallest absolute Gasteiger partial charge is 0.139 e. The lowest BCUT2D eigenvalue weighted by molar-refractivity contribution is 0.182. The zero-order chi connectivity index (χ0) is 13.4. The Bertz CT molecular complexity index is 610. The van der Waals surface area contributed by atoms with Gasteiger partial charge in [-0.05, 0) is 28.4 Å². The highest BCUT2D eigenvalue weighted by Gasteiger charge is 2.20. The number of aromatic nitrogens is 2. The maximum absolute atomic E-state index is 13.5. The number of hydrogen-bond donors (Lipinski definition) is 0. The fourth-order valence-electron chi connectivity index (χ4n) is 2.46. The second kappa shape index (κ2) is 5.38. The van der Waals surface area contributed by atoms with Crippen molar-refractivity contribution in [2.24, 2.45) is 5.92 Å². The Morgan fingerprint density at radius 3 is 3.05 bits per heavy atom. The van der Waals surface area contributed by atoms with Crippen LogP contribution in [0.5, 0.6) is 0 Å². The van der Waals surface area contributed by atoms with Gasteiger partial charge in [0.2, 0.25) is 0 Å². The van der Waals surface area contributed by atoms with E-state index in [2.05, 4.69) is 25.5 Å². The summed E-state index contributed by atoms with van der Waals surface area (Å²) in [6.45, 7) is 2.40. The zero-order valence-electron chi connectivity index (χ0n) is 10.2. The van der Waals surface area contributed by atoms with E-state index in [1.807, 2.05) is 0 Å². The molecule has 1 atom stereocenters. The van der Waals surface area contributed by atoms with Gasteiger partial charge in [0.1, 0.15) is 11.6 Å². The van der Waals surface area contributed by atoms with Gasteiger partial charge >= 0.3 is 0 Å². The van der Waals surface area contributed by atoms with E-state index >= 15 is 0 Å². The Morgan fingerprint density at radius 2 is 2.37 bits per heavy atom. The van der Waals surface area contributed by atoms with Crippen molar-refractivity contribution in [3.63, 3.8) is 0 Å². The molecule has 1 aliphatic rings. The van der Waals surface area contributed by atoms with E-state index in [1.165, 1.54) is 6.07 Å². The molecule has 0 aliphatic carbocycles. The van der Waals surface area contributed by atoms with E-state index in [9.17, 15) is 4.39 Å². The van der Waals surface area contributed by atoms with Crippen LogP contribution in [0.2, 0.25) is 0 Å². The standard InChI is InChI=1S/C13H13BrClFN2O/c14-9-3-12-11(4-10(9)16)17-13(5-15)18(12)6-8-1-2-19-7-8/h3-4,8H,1-2,5-7H2. The summed E-state index contributed by atoms with van der Waals surface area (Å²) in [6.07, 6.45) is 1.05. The van der Waals surface area contributed by atoms with Crippen LogP contribution in [0, 0.1) is 11.7 Å². The minimum absolute atomic E-state index is 0.303. The van der Waals surface area contributed by atoms with Crippen molar-refractivity contribution in [1.82, 2.24) is 9.55 Å². The molecule has 6 heteroatoms. The fraction of sp³-hybridized carbons (Fsp3) is 0.462. The first-order chi connectivity index (χ1) is 9.19. The molecule has 2 aromatic rings. The molecule has 102 valence electrons. The van der Waals surface area contributed by atoms with Crippen LogP contribution in [0.25, 0.3) is 11.0 Å². The van der Waals surface area contributed by atoms with Crippen LogP contribution < -0.4 is 0 Å². The van der Waals surface area contributed by atoms with Crippen molar-refractivity contribution >= 4 is 38.6 Å². The van der Waals surface area contributed by atoms with E-state index in [-0.39, 0.29) is 5.82 Å². The number of halogens is 3. The molecule has 3 nitrogen and oxygen atoms in total. The second-order valence-corrected chi connectivity index (χ2v) is 5.88. The Morgan fingerprint density at radius 1 is 1.53 bits per heavy atom. The number of rotatable bonds is 3. The van der Waals surface area contributed by atoms with Crippen molar-refractivity contribution in [3.8, 4) is 0 Å². The van der Waals surface area contributed by atoms with Gasteiger partial charge in [0.15, 0.2) is 0 Å². The lowest BCUT2D eigenvalue weighted by Crippen LogP contribution is -2.12. The number of alkyl halides is 1. The summed E-state index contributed by atoms with van der Waals surface area (Å²) in [4.78, 5) is 4.40. The predicted molar refractivity (Wildman–Crippen MR) is 75.9 cm³/mol. The summed E-state index contributed by atoms with van der Waals surface area (Å²) in [5.41, 5.74) is 1.56. The van der Waals surface area contributed by atoms with Crippen LogP contribution in [-0.2, 0) is 17.2 Å². The molecular formula is C13H13BrClFN2O. The van der Waals surface area contributed by atoms with Gasteiger partial charge in [-0.3, -0.25) is 0 Å². The topological polar surface area (TPSA) is 27.1 Å². The summed E-state index contributed by atoms with van der Waals surface area (Å²) >= 11 is 9.17. The molecular weight excluding hydrogens is 335 g/mol. The summed E-state index contributed by atoms with van der Waals surface area (Å²) in [7, 11) is 0. The van der Waals surface area contributed by atoms with Gasteiger partial charge < -0.3 is 9.30 Å². The third-order valence-corrected chi connectivity index (χ3v) is 4.30. The molecule has 1 unspecified atom stereocenters. The Kier molecular flexibility index (Phi) is 3.78. The van der Waals surface area contributed by atoms with Crippen LogP contribution in [0.4, 0.5) is 4.39 Å². The number of hydrogen-bond acceptors (Lipinski definition) is 2. The molecule has 0 bridgehead atoms. The largest absolute Gasteiger partial charge is 0.381 e. The van der Waals surface area contributed by atoms with E-state index in [1.54, 1.807) is 6.07 Å². The summed E-state index contributed by atoms with van der Waals surface area (Å²) < 4.78 is 21.5. The number of benzene rings is 1. The van der Waals surface area contributed by atoms with Gasteiger partial charge in [0.05, 0.1) is 28.0 Å². The quantitative estimate of drug-likeness (QED) is 0.791. The number of nitrogens with zero attached hydrogens (tertiary/aromatic N) is 2. The SMILES string of the molecule is Fc1cc2nc(CCl)n(CC3CCOC3)c2cc1Br. The van der Waals surface area contributed by atoms with Gasteiger partial charge in [-0.2, -0.15) is 0 Å². The first-order valence-corrected chi connectivity index (χ1v) is 7.49. The maximum atomic E-state index is 13.5. The first-order valence-electron chi connectivity index (χ1n) is 6.17. The van der Waals surface area contributed by atoms with E-state index in [4.69, 9.17) is 16.3 Å². The average Bonchev–Trinajstić information content (AvgIpc) is 3.00. The van der Waals surface area contributed by atoms with Crippen LogP contribution >= 0.6 is 27.5 Å². The monoisotopic (exact) mass is 346 g/mol. The normalized spacial score (nSPS) is 19.4. The van der Waals surface area contributed by atoms with Gasteiger partial charge in [-0.15, -0.1) is 11.6 Å². The maximum Gasteiger partial charge on any atom is 0.139 e. The molecule has 0 N–H and O–H groups in total. The molecule has 2 heterocycles. The third kappa shape index (κ3) is 2.51. The molecule has 1 aliphatic heterocycles. The Balaban J connectivity index is 2.06. The predicted octanol–water partition coefficient (Wildman–Crippen LogP) is 3.71. The lowest BCUT2D eigenvalue weighted by atomic mass is 10.1. The van der Waals surface area contributed by atoms with Crippen LogP contribution in [0.1, 0.15) is 12.2 Å². The van der Waals surface area contributed by atoms with E-state index in [0.717, 1.165) is 37.5 Å². The van der Waals surface area contributed by atoms with Crippen molar-refractivity contribution < 1.29 is 9.13 Å². The van der Waals surface area contributed by atoms with E-state index < -0.39 is 0 Å². The summed E-state index contributed by atoms with van der Waals surface area (Å²) in [5.74, 6) is 1.27. The molecule has 1 aromatic heterocycles. The van der Waals surface area contributed by atoms with E-state index in [0.29, 0.717) is 21.8 Å². The minimum Gasteiger partial charge on any atom is -0.381 e. The number of fused-ring (bicyclic) bond motifs is 1. The highest BCUT2D eigenvalue weighted by molar-refractivity contribution is 9.10. The van der Waals surface area contributed by atoms with Gasteiger partial charge in [0, 0.05) is 25.1 Å². The second-order valence-electron chi connectivity index (χ2n) is 4.76. The minimum atomic E-state index is -0.303. The molecule has 19 heavy (non-hydrogen) atoms. The van der Waals surface area contributed by atoms with Gasteiger partial charge in [0.25, 0.3) is 0 Å². The summed E-state index contributed by atoms with van der Waals surface area (Å²) in [5, 5.41) is 0. The van der Waals surface area contributed by atoms with Crippen molar-refractivity contribution in [3.05, 3.63) is 28.2 Å². The highest BCUT2D eigenvalue weighted by atomic mass is 79.9. The first kappa shape index (κ1) is 13.3. The van der Waals surface area contributed by atoms with Crippen molar-refractivity contribution in [1.29, 1.82) is 0 Å². The lowest BCUT2D eigenvalue weighted by Gasteiger charge is -2.12. The molecule has 3 rings (SSSR count). The third-order valence-electron chi connectivity index (χ3n) is 3.45. The molecule has 1 fully saturated rings. The van der Waals surface area contributed by atoms with Crippen LogP contribution in [0.3, 0.4) is 0 Å².